The summed E-state index contributed by atoms with van der Waals surface area (Å²) in [5.41, 5.74) is -2.74. The van der Waals surface area contributed by atoms with E-state index in [4.69, 9.17) is 4.74 Å². The molecule has 100 valence electrons. The van der Waals surface area contributed by atoms with E-state index in [9.17, 15) is 18.3 Å². The maximum absolute atomic E-state index is 11.8. The van der Waals surface area contributed by atoms with Crippen molar-refractivity contribution in [2.24, 2.45) is 5.41 Å². The first-order chi connectivity index (χ1) is 7.65. The summed E-state index contributed by atoms with van der Waals surface area (Å²) in [7, 11) is -3.28. The summed E-state index contributed by atoms with van der Waals surface area (Å²) in [5, 5.41) is 10.5. The monoisotopic (exact) mass is 264 g/mol. The van der Waals surface area contributed by atoms with Crippen LogP contribution in [0.4, 0.5) is 0 Å². The number of esters is 1. The number of carbonyl (C=O) groups excluding carboxylic acids is 1. The van der Waals surface area contributed by atoms with Gasteiger partial charge >= 0.3 is 5.97 Å². The van der Waals surface area contributed by atoms with Gasteiger partial charge in [0.2, 0.25) is 0 Å². The van der Waals surface area contributed by atoms with Crippen LogP contribution in [0.1, 0.15) is 33.6 Å². The number of rotatable bonds is 3. The SMILES string of the molecule is CCOC(=O)C(C)(C)C1(O)CCCS(=O)(=O)C1. The molecule has 0 aromatic heterocycles. The van der Waals surface area contributed by atoms with Gasteiger partial charge in [0.05, 0.1) is 29.1 Å². The smallest absolute Gasteiger partial charge is 0.314 e. The number of ether oxygens (including phenoxy) is 1. The quantitative estimate of drug-likeness (QED) is 0.751. The van der Waals surface area contributed by atoms with Gasteiger partial charge in [0, 0.05) is 0 Å². The number of aliphatic hydroxyl groups is 1. The average molecular weight is 264 g/mol. The van der Waals surface area contributed by atoms with E-state index in [2.05, 4.69) is 0 Å². The fraction of sp³-hybridized carbons (Fsp3) is 0.909. The van der Waals surface area contributed by atoms with E-state index in [1.165, 1.54) is 13.8 Å². The lowest BCUT2D eigenvalue weighted by atomic mass is 9.73. The number of hydrogen-bond acceptors (Lipinski definition) is 5. The zero-order chi connectivity index (χ0) is 13.3. The van der Waals surface area contributed by atoms with Crippen molar-refractivity contribution in [1.82, 2.24) is 0 Å². The molecule has 0 radical (unpaired) electrons. The first-order valence-corrected chi connectivity index (χ1v) is 7.57. The summed E-state index contributed by atoms with van der Waals surface area (Å²) in [4.78, 5) is 11.8. The van der Waals surface area contributed by atoms with Gasteiger partial charge in [0.25, 0.3) is 0 Å². The standard InChI is InChI=1S/C11H20O5S/c1-4-16-9(12)10(2,3)11(13)6-5-7-17(14,15)8-11/h13H,4-8H2,1-3H3. The third-order valence-electron chi connectivity index (χ3n) is 3.45. The van der Waals surface area contributed by atoms with Gasteiger partial charge in [0.1, 0.15) is 0 Å². The van der Waals surface area contributed by atoms with Crippen molar-refractivity contribution in [2.75, 3.05) is 18.1 Å². The van der Waals surface area contributed by atoms with Crippen molar-refractivity contribution in [3.8, 4) is 0 Å². The van der Waals surface area contributed by atoms with E-state index in [1.807, 2.05) is 0 Å². The van der Waals surface area contributed by atoms with Gasteiger partial charge in [-0.05, 0) is 33.6 Å². The zero-order valence-corrected chi connectivity index (χ0v) is 11.3. The van der Waals surface area contributed by atoms with Crippen LogP contribution in [0, 0.1) is 5.41 Å². The van der Waals surface area contributed by atoms with Crippen molar-refractivity contribution < 1.29 is 23.1 Å². The molecule has 1 N–H and O–H groups in total. The second-order valence-electron chi connectivity index (χ2n) is 5.07. The molecule has 0 spiro atoms. The summed E-state index contributed by atoms with van der Waals surface area (Å²) in [6.45, 7) is 4.96. The van der Waals surface area contributed by atoms with Gasteiger partial charge in [-0.3, -0.25) is 4.79 Å². The minimum absolute atomic E-state index is 0.0776. The average Bonchev–Trinajstić information content (AvgIpc) is 2.15. The van der Waals surface area contributed by atoms with Crippen LogP contribution in [0.3, 0.4) is 0 Å². The molecule has 5 nitrogen and oxygen atoms in total. The first kappa shape index (κ1) is 14.4. The molecule has 0 aliphatic carbocycles. The maximum atomic E-state index is 11.8. The van der Waals surface area contributed by atoms with Crippen LogP contribution in [-0.2, 0) is 19.4 Å². The molecule has 0 aromatic carbocycles. The van der Waals surface area contributed by atoms with Crippen LogP contribution < -0.4 is 0 Å². The Bertz CT molecular complexity index is 398. The van der Waals surface area contributed by atoms with E-state index >= 15 is 0 Å². The van der Waals surface area contributed by atoms with Crippen LogP contribution in [0.15, 0.2) is 0 Å². The molecular weight excluding hydrogens is 244 g/mol. The van der Waals surface area contributed by atoms with Crippen molar-refractivity contribution >= 4 is 15.8 Å². The Morgan fingerprint density at radius 1 is 1.47 bits per heavy atom. The first-order valence-electron chi connectivity index (χ1n) is 5.75. The molecule has 0 aromatic rings. The Kier molecular flexibility index (Phi) is 3.88. The third kappa shape index (κ3) is 2.80. The van der Waals surface area contributed by atoms with Crippen molar-refractivity contribution in [1.29, 1.82) is 0 Å². The Labute approximate surface area is 102 Å². The molecule has 1 heterocycles. The van der Waals surface area contributed by atoms with E-state index < -0.39 is 26.8 Å². The third-order valence-corrected chi connectivity index (χ3v) is 5.28. The Morgan fingerprint density at radius 3 is 2.53 bits per heavy atom. The van der Waals surface area contributed by atoms with Gasteiger partial charge in [-0.1, -0.05) is 0 Å². The van der Waals surface area contributed by atoms with E-state index in [-0.39, 0.29) is 18.1 Å². The second kappa shape index (κ2) is 4.57. The van der Waals surface area contributed by atoms with Crippen LogP contribution >= 0.6 is 0 Å². The van der Waals surface area contributed by atoms with Crippen molar-refractivity contribution in [3.05, 3.63) is 0 Å². The van der Waals surface area contributed by atoms with Gasteiger partial charge in [-0.25, -0.2) is 8.42 Å². The molecule has 1 aliphatic heterocycles. The Balaban J connectivity index is 2.99. The van der Waals surface area contributed by atoms with Crippen LogP contribution in [0.2, 0.25) is 0 Å². The van der Waals surface area contributed by atoms with Crippen LogP contribution in [0.25, 0.3) is 0 Å². The van der Waals surface area contributed by atoms with E-state index in [0.717, 1.165) is 0 Å². The molecule has 1 saturated heterocycles. The molecule has 0 saturated carbocycles. The molecular formula is C11H20O5S. The lowest BCUT2D eigenvalue weighted by molar-refractivity contribution is -0.169. The van der Waals surface area contributed by atoms with E-state index in [0.29, 0.717) is 12.8 Å². The van der Waals surface area contributed by atoms with Crippen LogP contribution in [-0.4, -0.2) is 43.2 Å². The fourth-order valence-electron chi connectivity index (χ4n) is 2.09. The molecule has 17 heavy (non-hydrogen) atoms. The van der Waals surface area contributed by atoms with Gasteiger partial charge in [-0.2, -0.15) is 0 Å². The van der Waals surface area contributed by atoms with Crippen molar-refractivity contribution in [2.45, 2.75) is 39.2 Å². The highest BCUT2D eigenvalue weighted by Crippen LogP contribution is 2.39. The molecule has 0 amide bonds. The van der Waals surface area contributed by atoms with Crippen LogP contribution in [0.5, 0.6) is 0 Å². The van der Waals surface area contributed by atoms with Crippen molar-refractivity contribution in [3.63, 3.8) is 0 Å². The summed E-state index contributed by atoms with van der Waals surface area (Å²) in [6.07, 6.45) is 0.680. The fourth-order valence-corrected chi connectivity index (χ4v) is 4.05. The highest BCUT2D eigenvalue weighted by atomic mass is 32.2. The summed E-state index contributed by atoms with van der Waals surface area (Å²) < 4.78 is 28.1. The van der Waals surface area contributed by atoms with Gasteiger partial charge < -0.3 is 9.84 Å². The second-order valence-corrected chi connectivity index (χ2v) is 7.26. The predicted octanol–water partition coefficient (Wildman–Crippen LogP) is 0.515. The molecule has 1 aliphatic rings. The number of carbonyl (C=O) groups is 1. The molecule has 6 heteroatoms. The molecule has 0 bridgehead atoms. The minimum Gasteiger partial charge on any atom is -0.465 e. The highest BCUT2D eigenvalue weighted by Gasteiger charge is 2.53. The number of hydrogen-bond donors (Lipinski definition) is 1. The normalized spacial score (nSPS) is 28.7. The maximum Gasteiger partial charge on any atom is 0.314 e. The molecule has 1 atom stereocenters. The predicted molar refractivity (Wildman–Crippen MR) is 63.3 cm³/mol. The Hall–Kier alpha value is -0.620. The van der Waals surface area contributed by atoms with E-state index in [1.54, 1.807) is 6.92 Å². The number of sulfone groups is 1. The lowest BCUT2D eigenvalue weighted by Crippen LogP contribution is -2.56. The zero-order valence-electron chi connectivity index (χ0n) is 10.5. The lowest BCUT2D eigenvalue weighted by Gasteiger charge is -2.42. The molecule has 1 unspecified atom stereocenters. The molecule has 1 rings (SSSR count). The highest BCUT2D eigenvalue weighted by molar-refractivity contribution is 7.91. The largest absolute Gasteiger partial charge is 0.465 e. The Morgan fingerprint density at radius 2 is 2.06 bits per heavy atom. The van der Waals surface area contributed by atoms with Gasteiger partial charge in [-0.15, -0.1) is 0 Å². The minimum atomic E-state index is -3.28. The van der Waals surface area contributed by atoms with Gasteiger partial charge in [0.15, 0.2) is 9.84 Å². The summed E-state index contributed by atoms with van der Waals surface area (Å²) >= 11 is 0. The topological polar surface area (TPSA) is 80.7 Å². The molecule has 1 fully saturated rings. The summed E-state index contributed by atoms with van der Waals surface area (Å²) in [5.74, 6) is -0.848. The summed E-state index contributed by atoms with van der Waals surface area (Å²) in [6, 6.07) is 0.